The van der Waals surface area contributed by atoms with Crippen molar-refractivity contribution in [3.63, 3.8) is 0 Å². The Bertz CT molecular complexity index is 698. The highest BCUT2D eigenvalue weighted by Crippen LogP contribution is 2.16. The summed E-state index contributed by atoms with van der Waals surface area (Å²) < 4.78 is 6.90. The lowest BCUT2D eigenvalue weighted by molar-refractivity contribution is 0.501. The molecule has 0 radical (unpaired) electrons. The summed E-state index contributed by atoms with van der Waals surface area (Å²) in [5.74, 6) is 1.70. The fraction of sp³-hybridized carbons (Fsp3) is 0.231. The Kier molecular flexibility index (Phi) is 3.83. The maximum Gasteiger partial charge on any atom is 0.256 e. The van der Waals surface area contributed by atoms with E-state index in [2.05, 4.69) is 20.1 Å². The second kappa shape index (κ2) is 5.92. The first-order valence-electron chi connectivity index (χ1n) is 6.45. The van der Waals surface area contributed by atoms with Gasteiger partial charge in [0, 0.05) is 18.9 Å². The quantitative estimate of drug-likeness (QED) is 0.720. The van der Waals surface area contributed by atoms with Crippen molar-refractivity contribution in [1.82, 2.24) is 24.7 Å². The standard InChI is InChI=1S/C13H13ClN6O/c1-2-19(9-10-5-3-8-21-10)12-16-11(14)17-13(18-12)20-7-4-6-15-20/h3-8H,2,9H2,1H3. The summed E-state index contributed by atoms with van der Waals surface area (Å²) in [4.78, 5) is 14.6. The first kappa shape index (κ1) is 13.6. The van der Waals surface area contributed by atoms with Crippen LogP contribution < -0.4 is 4.90 Å². The Morgan fingerprint density at radius 1 is 1.29 bits per heavy atom. The Morgan fingerprint density at radius 3 is 2.86 bits per heavy atom. The van der Waals surface area contributed by atoms with Gasteiger partial charge in [0.25, 0.3) is 5.95 Å². The van der Waals surface area contributed by atoms with Crippen LogP contribution in [0, 0.1) is 0 Å². The van der Waals surface area contributed by atoms with Crippen LogP contribution in [0.1, 0.15) is 12.7 Å². The SMILES string of the molecule is CCN(Cc1ccco1)c1nc(Cl)nc(-n2cccn2)n1. The highest BCUT2D eigenvalue weighted by Gasteiger charge is 2.14. The largest absolute Gasteiger partial charge is 0.467 e. The van der Waals surface area contributed by atoms with Gasteiger partial charge in [0.1, 0.15) is 5.76 Å². The van der Waals surface area contributed by atoms with Crippen molar-refractivity contribution in [2.75, 3.05) is 11.4 Å². The predicted molar refractivity (Wildman–Crippen MR) is 77.4 cm³/mol. The lowest BCUT2D eigenvalue weighted by Crippen LogP contribution is -2.25. The number of nitrogens with zero attached hydrogens (tertiary/aromatic N) is 6. The van der Waals surface area contributed by atoms with Gasteiger partial charge < -0.3 is 9.32 Å². The minimum atomic E-state index is 0.128. The van der Waals surface area contributed by atoms with Gasteiger partial charge >= 0.3 is 0 Å². The number of hydrogen-bond acceptors (Lipinski definition) is 6. The molecule has 3 aromatic heterocycles. The van der Waals surface area contributed by atoms with E-state index in [-0.39, 0.29) is 5.28 Å². The van der Waals surface area contributed by atoms with E-state index in [0.29, 0.717) is 25.0 Å². The van der Waals surface area contributed by atoms with Crippen molar-refractivity contribution >= 4 is 17.5 Å². The van der Waals surface area contributed by atoms with E-state index in [0.717, 1.165) is 5.76 Å². The van der Waals surface area contributed by atoms with Gasteiger partial charge in [-0.1, -0.05) is 0 Å². The first-order valence-corrected chi connectivity index (χ1v) is 6.83. The van der Waals surface area contributed by atoms with Gasteiger partial charge in [-0.25, -0.2) is 4.68 Å². The third-order valence-corrected chi connectivity index (χ3v) is 3.05. The van der Waals surface area contributed by atoms with E-state index < -0.39 is 0 Å². The third kappa shape index (κ3) is 3.03. The molecule has 21 heavy (non-hydrogen) atoms. The molecule has 108 valence electrons. The molecule has 0 unspecified atom stereocenters. The average molecular weight is 305 g/mol. The zero-order valence-electron chi connectivity index (χ0n) is 11.3. The van der Waals surface area contributed by atoms with Crippen LogP contribution >= 0.6 is 11.6 Å². The first-order chi connectivity index (χ1) is 10.3. The summed E-state index contributed by atoms with van der Waals surface area (Å²) in [7, 11) is 0. The second-order valence-corrected chi connectivity index (χ2v) is 4.59. The highest BCUT2D eigenvalue weighted by atomic mass is 35.5. The van der Waals surface area contributed by atoms with Crippen LogP contribution in [-0.2, 0) is 6.54 Å². The maximum absolute atomic E-state index is 6.00. The van der Waals surface area contributed by atoms with E-state index in [1.54, 1.807) is 24.7 Å². The number of aromatic nitrogens is 5. The Hall–Kier alpha value is -2.41. The average Bonchev–Trinajstić information content (AvgIpc) is 3.17. The molecule has 0 aliphatic heterocycles. The molecule has 0 amide bonds. The summed E-state index contributed by atoms with van der Waals surface area (Å²) in [5, 5.41) is 4.23. The lowest BCUT2D eigenvalue weighted by atomic mass is 10.4. The molecule has 0 bridgehead atoms. The van der Waals surface area contributed by atoms with Gasteiger partial charge in [-0.2, -0.15) is 20.1 Å². The topological polar surface area (TPSA) is 72.9 Å². The number of halogens is 1. The van der Waals surface area contributed by atoms with Gasteiger partial charge in [-0.15, -0.1) is 0 Å². The van der Waals surface area contributed by atoms with E-state index in [9.17, 15) is 0 Å². The molecule has 0 aliphatic carbocycles. The van der Waals surface area contributed by atoms with Crippen LogP contribution in [0.4, 0.5) is 5.95 Å². The Labute approximate surface area is 126 Å². The maximum atomic E-state index is 6.00. The lowest BCUT2D eigenvalue weighted by Gasteiger charge is -2.19. The molecule has 0 fully saturated rings. The molecule has 0 aliphatic rings. The van der Waals surface area contributed by atoms with Crippen LogP contribution in [0.3, 0.4) is 0 Å². The molecule has 0 saturated carbocycles. The van der Waals surface area contributed by atoms with E-state index in [4.69, 9.17) is 16.0 Å². The van der Waals surface area contributed by atoms with Gasteiger partial charge in [0.05, 0.1) is 12.8 Å². The summed E-state index contributed by atoms with van der Waals surface area (Å²) in [6.07, 6.45) is 5.04. The minimum absolute atomic E-state index is 0.128. The van der Waals surface area contributed by atoms with Crippen molar-refractivity contribution < 1.29 is 4.42 Å². The van der Waals surface area contributed by atoms with Gasteiger partial charge in [0.2, 0.25) is 11.2 Å². The monoisotopic (exact) mass is 304 g/mol. The molecular weight excluding hydrogens is 292 g/mol. The van der Waals surface area contributed by atoms with Crippen molar-refractivity contribution in [3.8, 4) is 5.95 Å². The fourth-order valence-corrected chi connectivity index (χ4v) is 2.03. The molecular formula is C13H13ClN6O. The van der Waals surface area contributed by atoms with Crippen LogP contribution in [0.2, 0.25) is 5.28 Å². The van der Waals surface area contributed by atoms with Crippen molar-refractivity contribution in [2.24, 2.45) is 0 Å². The molecule has 0 saturated heterocycles. The molecule has 0 spiro atoms. The molecule has 3 rings (SSSR count). The molecule has 3 aromatic rings. The predicted octanol–water partition coefficient (Wildman–Crippen LogP) is 2.33. The molecule has 8 heteroatoms. The fourth-order valence-electron chi connectivity index (χ4n) is 1.88. The number of hydrogen-bond donors (Lipinski definition) is 0. The summed E-state index contributed by atoms with van der Waals surface area (Å²) >= 11 is 6.00. The second-order valence-electron chi connectivity index (χ2n) is 4.25. The normalized spacial score (nSPS) is 10.8. The summed E-state index contributed by atoms with van der Waals surface area (Å²) in [5.41, 5.74) is 0. The molecule has 3 heterocycles. The van der Waals surface area contributed by atoms with Crippen LogP contribution in [0.15, 0.2) is 41.3 Å². The van der Waals surface area contributed by atoms with E-state index in [1.807, 2.05) is 24.0 Å². The number of anilines is 1. The third-order valence-electron chi connectivity index (χ3n) is 2.89. The summed E-state index contributed by atoms with van der Waals surface area (Å²) in [6.45, 7) is 3.27. The summed E-state index contributed by atoms with van der Waals surface area (Å²) in [6, 6.07) is 5.54. The minimum Gasteiger partial charge on any atom is -0.467 e. The molecule has 0 atom stereocenters. The molecule has 0 N–H and O–H groups in total. The van der Waals surface area contributed by atoms with Crippen LogP contribution in [0.5, 0.6) is 0 Å². The van der Waals surface area contributed by atoms with E-state index >= 15 is 0 Å². The number of furan rings is 1. The van der Waals surface area contributed by atoms with Crippen molar-refractivity contribution in [1.29, 1.82) is 0 Å². The molecule has 7 nitrogen and oxygen atoms in total. The molecule has 0 aromatic carbocycles. The Morgan fingerprint density at radius 2 is 2.19 bits per heavy atom. The zero-order valence-corrected chi connectivity index (χ0v) is 12.1. The zero-order chi connectivity index (χ0) is 14.7. The number of rotatable bonds is 5. The van der Waals surface area contributed by atoms with Gasteiger partial charge in [-0.05, 0) is 36.7 Å². The Balaban J connectivity index is 1.93. The van der Waals surface area contributed by atoms with Crippen molar-refractivity contribution in [3.05, 3.63) is 47.9 Å². The van der Waals surface area contributed by atoms with E-state index in [1.165, 1.54) is 4.68 Å². The smallest absolute Gasteiger partial charge is 0.256 e. The highest BCUT2D eigenvalue weighted by molar-refractivity contribution is 6.28. The van der Waals surface area contributed by atoms with Crippen molar-refractivity contribution in [2.45, 2.75) is 13.5 Å². The van der Waals surface area contributed by atoms with Gasteiger partial charge in [0.15, 0.2) is 0 Å². The van der Waals surface area contributed by atoms with Crippen LogP contribution in [0.25, 0.3) is 5.95 Å². The van der Waals surface area contributed by atoms with Gasteiger partial charge in [-0.3, -0.25) is 0 Å². The van der Waals surface area contributed by atoms with Crippen LogP contribution in [-0.4, -0.2) is 31.3 Å².